The van der Waals surface area contributed by atoms with E-state index in [9.17, 15) is 0 Å². The highest BCUT2D eigenvalue weighted by Gasteiger charge is 2.30. The van der Waals surface area contributed by atoms with Gasteiger partial charge in [-0.05, 0) is 35.7 Å². The minimum atomic E-state index is -0.184. The van der Waals surface area contributed by atoms with Crippen molar-refractivity contribution in [3.63, 3.8) is 0 Å². The maximum Gasteiger partial charge on any atom is 0.0423 e. The number of hydrogen-bond donors (Lipinski definition) is 1. The van der Waals surface area contributed by atoms with E-state index in [4.69, 9.17) is 5.73 Å². The van der Waals surface area contributed by atoms with Gasteiger partial charge in [-0.1, -0.05) is 72.8 Å². The first kappa shape index (κ1) is 13.4. The summed E-state index contributed by atoms with van der Waals surface area (Å²) in [7, 11) is 0. The van der Waals surface area contributed by atoms with Crippen molar-refractivity contribution < 1.29 is 0 Å². The van der Waals surface area contributed by atoms with Gasteiger partial charge in [0.15, 0.2) is 0 Å². The van der Waals surface area contributed by atoms with Crippen LogP contribution in [0.4, 0.5) is 5.69 Å². The minimum absolute atomic E-state index is 0.184. The molecule has 0 bridgehead atoms. The molecular formula is C20H19N. The predicted octanol–water partition coefficient (Wildman–Crippen LogP) is 4.62. The summed E-state index contributed by atoms with van der Waals surface area (Å²) < 4.78 is 0. The predicted molar refractivity (Wildman–Crippen MR) is 89.3 cm³/mol. The molecule has 1 nitrogen and oxygen atoms in total. The zero-order chi connectivity index (χ0) is 14.7. The number of benzene rings is 3. The van der Waals surface area contributed by atoms with Crippen LogP contribution in [0.2, 0.25) is 0 Å². The van der Waals surface area contributed by atoms with Crippen LogP contribution in [-0.4, -0.2) is 0 Å². The smallest absolute Gasteiger partial charge is 0.0423 e. The van der Waals surface area contributed by atoms with Gasteiger partial charge in [-0.15, -0.1) is 0 Å². The zero-order valence-corrected chi connectivity index (χ0v) is 12.2. The zero-order valence-electron chi connectivity index (χ0n) is 12.2. The van der Waals surface area contributed by atoms with Crippen LogP contribution in [0.5, 0.6) is 0 Å². The van der Waals surface area contributed by atoms with Crippen LogP contribution in [0.3, 0.4) is 0 Å². The average molecular weight is 273 g/mol. The fourth-order valence-electron chi connectivity index (χ4n) is 2.86. The van der Waals surface area contributed by atoms with Crippen LogP contribution >= 0.6 is 0 Å². The SMILES string of the molecule is CC(c1ccccc1)(c1ccccc1)c1ccc(N)cc1. The number of nitrogens with two attached hydrogens (primary N) is 1. The normalized spacial score (nSPS) is 11.3. The van der Waals surface area contributed by atoms with Gasteiger partial charge < -0.3 is 5.73 Å². The lowest BCUT2D eigenvalue weighted by molar-refractivity contribution is 0.693. The van der Waals surface area contributed by atoms with E-state index in [2.05, 4.69) is 79.7 Å². The van der Waals surface area contributed by atoms with Gasteiger partial charge in [0.25, 0.3) is 0 Å². The van der Waals surface area contributed by atoms with E-state index in [1.165, 1.54) is 16.7 Å². The summed E-state index contributed by atoms with van der Waals surface area (Å²) in [6.07, 6.45) is 0. The fraction of sp³-hybridized carbons (Fsp3) is 0.100. The molecular weight excluding hydrogens is 254 g/mol. The first-order chi connectivity index (χ1) is 10.2. The second-order valence-electron chi connectivity index (χ2n) is 5.48. The van der Waals surface area contributed by atoms with Gasteiger partial charge in [0, 0.05) is 11.1 Å². The maximum atomic E-state index is 5.85. The Bertz CT molecular complexity index is 660. The summed E-state index contributed by atoms with van der Waals surface area (Å²) in [5.74, 6) is 0. The monoisotopic (exact) mass is 273 g/mol. The quantitative estimate of drug-likeness (QED) is 0.546. The van der Waals surface area contributed by atoms with Crippen LogP contribution in [0, 0.1) is 0 Å². The molecule has 0 fully saturated rings. The van der Waals surface area contributed by atoms with Crippen molar-refractivity contribution in [3.8, 4) is 0 Å². The summed E-state index contributed by atoms with van der Waals surface area (Å²) in [5, 5.41) is 0. The van der Waals surface area contributed by atoms with Crippen LogP contribution in [0.1, 0.15) is 23.6 Å². The van der Waals surface area contributed by atoms with Gasteiger partial charge in [0.2, 0.25) is 0 Å². The molecule has 0 aliphatic rings. The Labute approximate surface area is 126 Å². The highest BCUT2D eigenvalue weighted by Crippen LogP contribution is 2.38. The van der Waals surface area contributed by atoms with Crippen molar-refractivity contribution in [2.24, 2.45) is 0 Å². The van der Waals surface area contributed by atoms with Crippen molar-refractivity contribution in [2.75, 3.05) is 5.73 Å². The molecule has 0 unspecified atom stereocenters. The summed E-state index contributed by atoms with van der Waals surface area (Å²) in [6, 6.07) is 29.4. The Morgan fingerprint density at radius 3 is 1.38 bits per heavy atom. The second-order valence-corrected chi connectivity index (χ2v) is 5.48. The van der Waals surface area contributed by atoms with E-state index in [-0.39, 0.29) is 5.41 Å². The van der Waals surface area contributed by atoms with Gasteiger partial charge in [-0.2, -0.15) is 0 Å². The van der Waals surface area contributed by atoms with Gasteiger partial charge in [-0.3, -0.25) is 0 Å². The third-order valence-corrected chi connectivity index (χ3v) is 4.19. The second kappa shape index (κ2) is 5.45. The Morgan fingerprint density at radius 1 is 0.571 bits per heavy atom. The maximum absolute atomic E-state index is 5.85. The topological polar surface area (TPSA) is 26.0 Å². The third-order valence-electron chi connectivity index (χ3n) is 4.19. The molecule has 0 saturated carbocycles. The number of anilines is 1. The lowest BCUT2D eigenvalue weighted by Gasteiger charge is -2.32. The van der Waals surface area contributed by atoms with E-state index in [1.54, 1.807) is 0 Å². The number of hydrogen-bond acceptors (Lipinski definition) is 1. The summed E-state index contributed by atoms with van der Waals surface area (Å²) in [6.45, 7) is 2.27. The molecule has 0 aliphatic heterocycles. The standard InChI is InChI=1S/C20H19N/c1-20(16-8-4-2-5-9-16,17-10-6-3-7-11-17)18-12-14-19(21)15-13-18/h2-15H,21H2,1H3. The van der Waals surface area contributed by atoms with Crippen molar-refractivity contribution in [3.05, 3.63) is 102 Å². The molecule has 3 aromatic carbocycles. The molecule has 2 N–H and O–H groups in total. The molecule has 0 aliphatic carbocycles. The molecule has 3 aromatic rings. The fourth-order valence-corrected chi connectivity index (χ4v) is 2.86. The molecule has 0 spiro atoms. The first-order valence-electron chi connectivity index (χ1n) is 7.18. The van der Waals surface area contributed by atoms with Crippen molar-refractivity contribution in [1.29, 1.82) is 0 Å². The van der Waals surface area contributed by atoms with Gasteiger partial charge in [-0.25, -0.2) is 0 Å². The Hall–Kier alpha value is -2.54. The molecule has 21 heavy (non-hydrogen) atoms. The molecule has 0 radical (unpaired) electrons. The lowest BCUT2D eigenvalue weighted by atomic mass is 9.71. The van der Waals surface area contributed by atoms with Crippen LogP contribution in [-0.2, 0) is 5.41 Å². The third kappa shape index (κ3) is 2.43. The van der Waals surface area contributed by atoms with E-state index in [0.717, 1.165) is 5.69 Å². The van der Waals surface area contributed by atoms with Crippen LogP contribution in [0.15, 0.2) is 84.9 Å². The number of rotatable bonds is 3. The van der Waals surface area contributed by atoms with Crippen molar-refractivity contribution >= 4 is 5.69 Å². The van der Waals surface area contributed by atoms with Gasteiger partial charge >= 0.3 is 0 Å². The molecule has 0 atom stereocenters. The molecule has 0 heterocycles. The van der Waals surface area contributed by atoms with Crippen LogP contribution < -0.4 is 5.73 Å². The molecule has 3 rings (SSSR count). The minimum Gasteiger partial charge on any atom is -0.399 e. The van der Waals surface area contributed by atoms with E-state index in [0.29, 0.717) is 0 Å². The molecule has 1 heteroatoms. The van der Waals surface area contributed by atoms with E-state index < -0.39 is 0 Å². The Kier molecular flexibility index (Phi) is 3.49. The van der Waals surface area contributed by atoms with Crippen molar-refractivity contribution in [2.45, 2.75) is 12.3 Å². The lowest BCUT2D eigenvalue weighted by Crippen LogP contribution is -2.25. The average Bonchev–Trinajstić information content (AvgIpc) is 2.56. The number of nitrogen functional groups attached to an aromatic ring is 1. The highest BCUT2D eigenvalue weighted by molar-refractivity contribution is 5.52. The van der Waals surface area contributed by atoms with Gasteiger partial charge in [0.05, 0.1) is 0 Å². The molecule has 0 aromatic heterocycles. The summed E-state index contributed by atoms with van der Waals surface area (Å²) >= 11 is 0. The summed E-state index contributed by atoms with van der Waals surface area (Å²) in [5.41, 5.74) is 10.3. The van der Waals surface area contributed by atoms with Gasteiger partial charge in [0.1, 0.15) is 0 Å². The highest BCUT2D eigenvalue weighted by atomic mass is 14.5. The first-order valence-corrected chi connectivity index (χ1v) is 7.18. The Balaban J connectivity index is 2.23. The van der Waals surface area contributed by atoms with E-state index >= 15 is 0 Å². The molecule has 0 saturated heterocycles. The summed E-state index contributed by atoms with van der Waals surface area (Å²) in [4.78, 5) is 0. The Morgan fingerprint density at radius 2 is 0.952 bits per heavy atom. The molecule has 0 amide bonds. The molecule has 104 valence electrons. The largest absolute Gasteiger partial charge is 0.399 e. The van der Waals surface area contributed by atoms with E-state index in [1.807, 2.05) is 12.1 Å². The van der Waals surface area contributed by atoms with Crippen molar-refractivity contribution in [1.82, 2.24) is 0 Å². The van der Waals surface area contributed by atoms with Crippen LogP contribution in [0.25, 0.3) is 0 Å².